The van der Waals surface area contributed by atoms with E-state index in [-0.39, 0.29) is 0 Å². The van der Waals surface area contributed by atoms with Crippen molar-refractivity contribution in [2.24, 2.45) is 7.05 Å². The van der Waals surface area contributed by atoms with Gasteiger partial charge in [-0.2, -0.15) is 5.10 Å². The number of aliphatic hydroxyl groups is 1. The molecule has 0 fully saturated rings. The Morgan fingerprint density at radius 1 is 1.41 bits per heavy atom. The summed E-state index contributed by atoms with van der Waals surface area (Å²) in [6.07, 6.45) is 5.27. The second-order valence-corrected chi connectivity index (χ2v) is 4.53. The zero-order valence-corrected chi connectivity index (χ0v) is 10.4. The number of hydrogen-bond donors (Lipinski definition) is 1. The molecule has 0 saturated carbocycles. The van der Waals surface area contributed by atoms with Gasteiger partial charge in [-0.25, -0.2) is 4.98 Å². The van der Waals surface area contributed by atoms with Crippen molar-refractivity contribution in [2.75, 3.05) is 0 Å². The third kappa shape index (κ3) is 2.55. The highest BCUT2D eigenvalue weighted by atomic mass is 16.3. The minimum atomic E-state index is -0.557. The van der Waals surface area contributed by atoms with Crippen LogP contribution in [0.3, 0.4) is 0 Å². The summed E-state index contributed by atoms with van der Waals surface area (Å²) < 4.78 is 3.72. The van der Waals surface area contributed by atoms with Crippen LogP contribution in [0.4, 0.5) is 0 Å². The van der Waals surface area contributed by atoms with E-state index in [0.29, 0.717) is 12.5 Å². The molecule has 0 aliphatic rings. The van der Waals surface area contributed by atoms with Crippen LogP contribution in [0.5, 0.6) is 0 Å². The van der Waals surface area contributed by atoms with E-state index in [2.05, 4.69) is 23.9 Å². The van der Waals surface area contributed by atoms with Crippen molar-refractivity contribution >= 4 is 0 Å². The van der Waals surface area contributed by atoms with Crippen molar-refractivity contribution in [1.29, 1.82) is 0 Å². The van der Waals surface area contributed by atoms with Gasteiger partial charge in [0.15, 0.2) is 0 Å². The minimum absolute atomic E-state index is 0.345. The zero-order valence-electron chi connectivity index (χ0n) is 10.4. The minimum Gasteiger partial charge on any atom is -0.386 e. The van der Waals surface area contributed by atoms with Crippen LogP contribution in [0.1, 0.15) is 37.4 Å². The summed E-state index contributed by atoms with van der Waals surface area (Å²) in [4.78, 5) is 4.00. The largest absolute Gasteiger partial charge is 0.386 e. The summed E-state index contributed by atoms with van der Waals surface area (Å²) in [5, 5.41) is 14.5. The first-order valence-electron chi connectivity index (χ1n) is 5.76. The average molecular weight is 234 g/mol. The number of aryl methyl sites for hydroxylation is 1. The summed E-state index contributed by atoms with van der Waals surface area (Å²) in [5.41, 5.74) is 1.71. The summed E-state index contributed by atoms with van der Waals surface area (Å²) in [5.74, 6) is 0. The van der Waals surface area contributed by atoms with Gasteiger partial charge in [0.05, 0.1) is 23.9 Å². The molecule has 1 N–H and O–H groups in total. The Hall–Kier alpha value is -1.62. The molecular formula is C12H18N4O. The molecule has 0 spiro atoms. The van der Waals surface area contributed by atoms with Crippen molar-refractivity contribution in [1.82, 2.24) is 19.3 Å². The Morgan fingerprint density at radius 2 is 2.18 bits per heavy atom. The summed E-state index contributed by atoms with van der Waals surface area (Å²) in [6.45, 7) is 4.16. The van der Waals surface area contributed by atoms with Gasteiger partial charge in [-0.1, -0.05) is 0 Å². The second kappa shape index (κ2) is 4.71. The molecule has 0 aliphatic heterocycles. The third-order valence-corrected chi connectivity index (χ3v) is 2.79. The van der Waals surface area contributed by atoms with E-state index in [1.807, 2.05) is 28.6 Å². The first kappa shape index (κ1) is 11.9. The quantitative estimate of drug-likeness (QED) is 0.871. The van der Waals surface area contributed by atoms with Gasteiger partial charge in [0.2, 0.25) is 0 Å². The predicted octanol–water partition coefficient (Wildman–Crippen LogP) is 1.47. The predicted molar refractivity (Wildman–Crippen MR) is 64.5 cm³/mol. The highest BCUT2D eigenvalue weighted by Crippen LogP contribution is 2.16. The lowest BCUT2D eigenvalue weighted by Gasteiger charge is -2.09. The molecule has 1 unspecified atom stereocenters. The van der Waals surface area contributed by atoms with Crippen molar-refractivity contribution in [3.63, 3.8) is 0 Å². The number of rotatable bonds is 4. The molecule has 2 aromatic heterocycles. The lowest BCUT2D eigenvalue weighted by molar-refractivity contribution is 0.168. The van der Waals surface area contributed by atoms with Crippen molar-refractivity contribution < 1.29 is 5.11 Å². The molecule has 5 nitrogen and oxygen atoms in total. The van der Waals surface area contributed by atoms with Crippen LogP contribution >= 0.6 is 0 Å². The standard InChI is InChI=1S/C12H18N4O/c1-9(2)16-5-4-10(14-16)6-12(17)11-7-13-8-15(11)3/h4-5,7-9,12,17H,6H2,1-3H3. The van der Waals surface area contributed by atoms with Crippen molar-refractivity contribution in [3.8, 4) is 0 Å². The van der Waals surface area contributed by atoms with Gasteiger partial charge in [-0.05, 0) is 19.9 Å². The van der Waals surface area contributed by atoms with E-state index in [0.717, 1.165) is 11.4 Å². The molecular weight excluding hydrogens is 216 g/mol. The SMILES string of the molecule is CC(C)n1ccc(CC(O)c2cncn2C)n1. The van der Waals surface area contributed by atoms with Crippen molar-refractivity contribution in [3.05, 3.63) is 36.2 Å². The molecule has 0 aromatic carbocycles. The smallest absolute Gasteiger partial charge is 0.101 e. The normalized spacial score (nSPS) is 13.2. The van der Waals surface area contributed by atoms with Gasteiger partial charge in [0.25, 0.3) is 0 Å². The van der Waals surface area contributed by atoms with Crippen LogP contribution in [-0.4, -0.2) is 24.4 Å². The number of aliphatic hydroxyl groups excluding tert-OH is 1. The molecule has 0 saturated heterocycles. The van der Waals surface area contributed by atoms with Gasteiger partial charge in [-0.3, -0.25) is 4.68 Å². The lowest BCUT2D eigenvalue weighted by atomic mass is 10.1. The molecule has 5 heteroatoms. The van der Waals surface area contributed by atoms with E-state index in [1.54, 1.807) is 12.5 Å². The molecule has 17 heavy (non-hydrogen) atoms. The fourth-order valence-corrected chi connectivity index (χ4v) is 1.77. The maximum absolute atomic E-state index is 10.1. The lowest BCUT2D eigenvalue weighted by Crippen LogP contribution is -2.08. The van der Waals surface area contributed by atoms with Gasteiger partial charge in [0, 0.05) is 25.7 Å². The Kier molecular flexibility index (Phi) is 3.28. The number of imidazole rings is 1. The van der Waals surface area contributed by atoms with E-state index in [1.165, 1.54) is 0 Å². The van der Waals surface area contributed by atoms with Crippen molar-refractivity contribution in [2.45, 2.75) is 32.4 Å². The topological polar surface area (TPSA) is 55.9 Å². The van der Waals surface area contributed by atoms with E-state index >= 15 is 0 Å². The van der Waals surface area contributed by atoms with Crippen LogP contribution in [-0.2, 0) is 13.5 Å². The molecule has 1 atom stereocenters. The Morgan fingerprint density at radius 3 is 2.71 bits per heavy atom. The van der Waals surface area contributed by atoms with Crippen LogP contribution in [0.2, 0.25) is 0 Å². The van der Waals surface area contributed by atoms with E-state index in [4.69, 9.17) is 0 Å². The van der Waals surface area contributed by atoms with Gasteiger partial charge in [0.1, 0.15) is 6.10 Å². The van der Waals surface area contributed by atoms with Gasteiger partial charge < -0.3 is 9.67 Å². The van der Waals surface area contributed by atoms with Gasteiger partial charge >= 0.3 is 0 Å². The number of aromatic nitrogens is 4. The van der Waals surface area contributed by atoms with Crippen LogP contribution in [0.25, 0.3) is 0 Å². The number of nitrogens with zero attached hydrogens (tertiary/aromatic N) is 4. The average Bonchev–Trinajstić information content (AvgIpc) is 2.86. The molecule has 0 bridgehead atoms. The molecule has 2 rings (SSSR count). The summed E-state index contributed by atoms with van der Waals surface area (Å²) in [6, 6.07) is 2.29. The Balaban J connectivity index is 2.08. The van der Waals surface area contributed by atoms with Gasteiger partial charge in [-0.15, -0.1) is 0 Å². The highest BCUT2D eigenvalue weighted by molar-refractivity contribution is 5.08. The molecule has 92 valence electrons. The van der Waals surface area contributed by atoms with Crippen LogP contribution < -0.4 is 0 Å². The highest BCUT2D eigenvalue weighted by Gasteiger charge is 2.14. The molecule has 0 aliphatic carbocycles. The zero-order chi connectivity index (χ0) is 12.4. The van der Waals surface area contributed by atoms with E-state index < -0.39 is 6.10 Å². The molecule has 2 heterocycles. The summed E-state index contributed by atoms with van der Waals surface area (Å²) >= 11 is 0. The first-order valence-corrected chi connectivity index (χ1v) is 5.76. The summed E-state index contributed by atoms with van der Waals surface area (Å²) in [7, 11) is 1.87. The van der Waals surface area contributed by atoms with Crippen LogP contribution in [0.15, 0.2) is 24.8 Å². The fourth-order valence-electron chi connectivity index (χ4n) is 1.77. The second-order valence-electron chi connectivity index (χ2n) is 4.53. The molecule has 0 amide bonds. The maximum Gasteiger partial charge on any atom is 0.101 e. The molecule has 2 aromatic rings. The number of hydrogen-bond acceptors (Lipinski definition) is 3. The van der Waals surface area contributed by atoms with E-state index in [9.17, 15) is 5.11 Å². The third-order valence-electron chi connectivity index (χ3n) is 2.79. The Bertz CT molecular complexity index is 486. The Labute approximate surface area is 101 Å². The fraction of sp³-hybridized carbons (Fsp3) is 0.500. The maximum atomic E-state index is 10.1. The first-order chi connectivity index (χ1) is 8.08. The molecule has 0 radical (unpaired) electrons. The monoisotopic (exact) mass is 234 g/mol. The van der Waals surface area contributed by atoms with Crippen LogP contribution in [0, 0.1) is 0 Å².